The highest BCUT2D eigenvalue weighted by Crippen LogP contribution is 2.16. The Morgan fingerprint density at radius 2 is 1.53 bits per heavy atom. The third-order valence-electron chi connectivity index (χ3n) is 2.56. The maximum atomic E-state index is 13.5. The van der Waals surface area contributed by atoms with E-state index in [1.807, 2.05) is 18.7 Å². The first-order valence-electron chi connectivity index (χ1n) is 5.25. The minimum Gasteiger partial charge on any atom is -0.299 e. The van der Waals surface area contributed by atoms with E-state index in [0.29, 0.717) is 12.1 Å². The third-order valence-corrected chi connectivity index (χ3v) is 2.56. The van der Waals surface area contributed by atoms with Crippen LogP contribution in [0.5, 0.6) is 0 Å². The van der Waals surface area contributed by atoms with Gasteiger partial charge >= 0.3 is 0 Å². The van der Waals surface area contributed by atoms with Crippen LogP contribution in [0, 0.1) is 18.6 Å². The number of hydrogen-bond acceptors (Lipinski definition) is 1. The third kappa shape index (κ3) is 2.99. The molecule has 0 fully saturated rings. The van der Waals surface area contributed by atoms with Crippen LogP contribution in [0.4, 0.5) is 8.78 Å². The number of rotatable bonds is 4. The van der Waals surface area contributed by atoms with Gasteiger partial charge in [0, 0.05) is 12.1 Å². The molecule has 15 heavy (non-hydrogen) atoms. The monoisotopic (exact) mass is 213 g/mol. The Hall–Kier alpha value is -0.960. The molecule has 0 aliphatic heterocycles. The van der Waals surface area contributed by atoms with Crippen molar-refractivity contribution in [1.82, 2.24) is 4.90 Å². The Labute approximate surface area is 89.7 Å². The molecule has 3 heteroatoms. The molecular formula is C12H17F2N. The fraction of sp³-hybridized carbons (Fsp3) is 0.500. The molecule has 0 aliphatic rings. The SMILES string of the molecule is CCN(CC)Cc1c(F)cc(C)cc1F. The van der Waals surface area contributed by atoms with Gasteiger partial charge in [-0.1, -0.05) is 13.8 Å². The number of aryl methyl sites for hydroxylation is 1. The van der Waals surface area contributed by atoms with Crippen molar-refractivity contribution < 1.29 is 8.78 Å². The number of nitrogens with zero attached hydrogens (tertiary/aromatic N) is 1. The van der Waals surface area contributed by atoms with Crippen molar-refractivity contribution in [2.75, 3.05) is 13.1 Å². The highest BCUT2D eigenvalue weighted by Gasteiger charge is 2.12. The molecule has 0 amide bonds. The predicted molar refractivity (Wildman–Crippen MR) is 57.7 cm³/mol. The summed E-state index contributed by atoms with van der Waals surface area (Å²) in [6.07, 6.45) is 0. The summed E-state index contributed by atoms with van der Waals surface area (Å²) in [6, 6.07) is 2.75. The van der Waals surface area contributed by atoms with E-state index in [2.05, 4.69) is 0 Å². The van der Waals surface area contributed by atoms with Gasteiger partial charge in [0.15, 0.2) is 0 Å². The Balaban J connectivity index is 2.94. The van der Waals surface area contributed by atoms with Crippen molar-refractivity contribution in [1.29, 1.82) is 0 Å². The van der Waals surface area contributed by atoms with E-state index < -0.39 is 11.6 Å². The second kappa shape index (κ2) is 5.21. The van der Waals surface area contributed by atoms with Gasteiger partial charge in [-0.2, -0.15) is 0 Å². The van der Waals surface area contributed by atoms with Gasteiger partial charge in [-0.25, -0.2) is 8.78 Å². The predicted octanol–water partition coefficient (Wildman–Crippen LogP) is 3.12. The van der Waals surface area contributed by atoms with E-state index in [1.165, 1.54) is 12.1 Å². The number of hydrogen-bond donors (Lipinski definition) is 0. The summed E-state index contributed by atoms with van der Waals surface area (Å²) < 4.78 is 27.0. The lowest BCUT2D eigenvalue weighted by atomic mass is 10.1. The molecule has 0 atom stereocenters. The van der Waals surface area contributed by atoms with Crippen molar-refractivity contribution in [2.24, 2.45) is 0 Å². The van der Waals surface area contributed by atoms with Crippen molar-refractivity contribution in [3.05, 3.63) is 34.9 Å². The van der Waals surface area contributed by atoms with Crippen LogP contribution in [0.15, 0.2) is 12.1 Å². The maximum absolute atomic E-state index is 13.5. The van der Waals surface area contributed by atoms with Crippen LogP contribution in [0.1, 0.15) is 25.0 Å². The topological polar surface area (TPSA) is 3.24 Å². The average molecular weight is 213 g/mol. The minimum absolute atomic E-state index is 0.171. The standard InChI is InChI=1S/C12H17F2N/c1-4-15(5-2)8-10-11(13)6-9(3)7-12(10)14/h6-7H,4-5,8H2,1-3H3. The molecule has 0 saturated heterocycles. The molecule has 0 heterocycles. The van der Waals surface area contributed by atoms with Crippen LogP contribution in [0.3, 0.4) is 0 Å². The molecule has 0 unspecified atom stereocenters. The first-order valence-corrected chi connectivity index (χ1v) is 5.25. The van der Waals surface area contributed by atoms with Crippen molar-refractivity contribution >= 4 is 0 Å². The van der Waals surface area contributed by atoms with Crippen LogP contribution < -0.4 is 0 Å². The Morgan fingerprint density at radius 1 is 1.07 bits per heavy atom. The molecular weight excluding hydrogens is 196 g/mol. The quantitative estimate of drug-likeness (QED) is 0.742. The largest absolute Gasteiger partial charge is 0.299 e. The Bertz CT molecular complexity index is 309. The van der Waals surface area contributed by atoms with E-state index in [0.717, 1.165) is 13.1 Å². The van der Waals surface area contributed by atoms with Gasteiger partial charge in [-0.15, -0.1) is 0 Å². The fourth-order valence-electron chi connectivity index (χ4n) is 1.55. The summed E-state index contributed by atoms with van der Waals surface area (Å²) >= 11 is 0. The average Bonchev–Trinajstić information content (AvgIpc) is 2.17. The van der Waals surface area contributed by atoms with Crippen molar-refractivity contribution in [3.63, 3.8) is 0 Å². The molecule has 0 aromatic heterocycles. The van der Waals surface area contributed by atoms with Crippen LogP contribution >= 0.6 is 0 Å². The molecule has 0 bridgehead atoms. The number of halogens is 2. The molecule has 1 nitrogen and oxygen atoms in total. The van der Waals surface area contributed by atoms with Crippen LogP contribution in [-0.4, -0.2) is 18.0 Å². The van der Waals surface area contributed by atoms with Crippen LogP contribution in [-0.2, 0) is 6.54 Å². The second-order valence-electron chi connectivity index (χ2n) is 3.67. The maximum Gasteiger partial charge on any atom is 0.130 e. The van der Waals surface area contributed by atoms with Gasteiger partial charge in [-0.05, 0) is 37.7 Å². The lowest BCUT2D eigenvalue weighted by Gasteiger charge is -2.18. The normalized spacial score (nSPS) is 11.1. The van der Waals surface area contributed by atoms with Crippen molar-refractivity contribution in [2.45, 2.75) is 27.3 Å². The summed E-state index contributed by atoms with van der Waals surface area (Å²) in [7, 11) is 0. The lowest BCUT2D eigenvalue weighted by molar-refractivity contribution is 0.286. The first kappa shape index (κ1) is 12.1. The zero-order valence-corrected chi connectivity index (χ0v) is 9.48. The minimum atomic E-state index is -0.445. The molecule has 0 radical (unpaired) electrons. The lowest BCUT2D eigenvalue weighted by Crippen LogP contribution is -2.23. The second-order valence-corrected chi connectivity index (χ2v) is 3.67. The summed E-state index contributed by atoms with van der Waals surface area (Å²) in [4.78, 5) is 1.98. The molecule has 84 valence electrons. The summed E-state index contributed by atoms with van der Waals surface area (Å²) in [5.41, 5.74) is 0.789. The molecule has 0 N–H and O–H groups in total. The van der Waals surface area contributed by atoms with Gasteiger partial charge in [-0.3, -0.25) is 4.90 Å². The van der Waals surface area contributed by atoms with Crippen molar-refractivity contribution in [3.8, 4) is 0 Å². The zero-order chi connectivity index (χ0) is 11.4. The zero-order valence-electron chi connectivity index (χ0n) is 9.48. The highest BCUT2D eigenvalue weighted by molar-refractivity contribution is 5.25. The van der Waals surface area contributed by atoms with E-state index in [1.54, 1.807) is 6.92 Å². The smallest absolute Gasteiger partial charge is 0.130 e. The van der Waals surface area contributed by atoms with E-state index >= 15 is 0 Å². The Morgan fingerprint density at radius 3 is 1.93 bits per heavy atom. The van der Waals surface area contributed by atoms with Gasteiger partial charge in [0.1, 0.15) is 11.6 Å². The fourth-order valence-corrected chi connectivity index (χ4v) is 1.55. The van der Waals surface area contributed by atoms with E-state index in [4.69, 9.17) is 0 Å². The summed E-state index contributed by atoms with van der Waals surface area (Å²) in [6.45, 7) is 7.58. The molecule has 0 saturated carbocycles. The number of benzene rings is 1. The molecule has 0 spiro atoms. The van der Waals surface area contributed by atoms with E-state index in [-0.39, 0.29) is 5.56 Å². The summed E-state index contributed by atoms with van der Waals surface area (Å²) in [5.74, 6) is -0.890. The molecule has 1 aromatic rings. The van der Waals surface area contributed by atoms with E-state index in [9.17, 15) is 8.78 Å². The van der Waals surface area contributed by atoms with Crippen LogP contribution in [0.25, 0.3) is 0 Å². The van der Waals surface area contributed by atoms with Crippen LogP contribution in [0.2, 0.25) is 0 Å². The molecule has 1 rings (SSSR count). The molecule has 1 aromatic carbocycles. The Kier molecular flexibility index (Phi) is 4.21. The van der Waals surface area contributed by atoms with Gasteiger partial charge in [0.05, 0.1) is 0 Å². The first-order chi connectivity index (χ1) is 7.08. The van der Waals surface area contributed by atoms with Gasteiger partial charge < -0.3 is 0 Å². The summed E-state index contributed by atoms with van der Waals surface area (Å²) in [5, 5.41) is 0. The van der Waals surface area contributed by atoms with Gasteiger partial charge in [0.25, 0.3) is 0 Å². The molecule has 0 aliphatic carbocycles. The van der Waals surface area contributed by atoms with Gasteiger partial charge in [0.2, 0.25) is 0 Å². The highest BCUT2D eigenvalue weighted by atomic mass is 19.1.